The van der Waals surface area contributed by atoms with E-state index in [2.05, 4.69) is 0 Å². The minimum absolute atomic E-state index is 0.774. The van der Waals surface area contributed by atoms with E-state index in [1.807, 2.05) is 41.5 Å². The van der Waals surface area contributed by atoms with E-state index in [1.165, 1.54) is 0 Å². The molecule has 0 rings (SSSR count). The van der Waals surface area contributed by atoms with Crippen LogP contribution < -0.4 is 0 Å². The average Bonchev–Trinajstić information content (AvgIpc) is 2.42. The minimum Gasteiger partial charge on any atom is -0.327 e. The second-order valence-electron chi connectivity index (χ2n) is 5.10. The average molecular weight is 329 g/mol. The largest absolute Gasteiger partial charge is 0.493 e. The highest BCUT2D eigenvalue weighted by molar-refractivity contribution is 7.51. The zero-order valence-corrected chi connectivity index (χ0v) is 16.2. The molecule has 0 atom stereocenters. The molecule has 0 aliphatic carbocycles. The molecule has 0 saturated carbocycles. The molecule has 3 nitrogen and oxygen atoms in total. The predicted octanol–water partition coefficient (Wildman–Crippen LogP) is 6.11. The van der Waals surface area contributed by atoms with Gasteiger partial charge in [-0.1, -0.05) is 41.5 Å². The van der Waals surface area contributed by atoms with Gasteiger partial charge in [0, 0.05) is 0 Å². The van der Waals surface area contributed by atoms with Crippen molar-refractivity contribution in [2.24, 2.45) is 0 Å². The normalized spacial score (nSPS) is 13.8. The Balaban J connectivity index is 5.02. The van der Waals surface area contributed by atoms with E-state index in [0.717, 1.165) is 36.3 Å². The lowest BCUT2D eigenvalue weighted by atomic mass is 10.9. The summed E-state index contributed by atoms with van der Waals surface area (Å²) in [5.74, 6) is 0. The zero-order chi connectivity index (χ0) is 15.2. The summed E-state index contributed by atoms with van der Waals surface area (Å²) in [7, 11) is -8.87. The van der Waals surface area contributed by atoms with Crippen molar-refractivity contribution >= 4 is 24.5 Å². The molecule has 0 bridgehead atoms. The molecule has 0 amide bonds. The van der Waals surface area contributed by atoms with Crippen LogP contribution in [0, 0.1) is 0 Å². The highest BCUT2D eigenvalue weighted by Crippen LogP contribution is 2.57. The van der Waals surface area contributed by atoms with E-state index in [4.69, 9.17) is 8.43 Å². The van der Waals surface area contributed by atoms with Crippen molar-refractivity contribution in [1.82, 2.24) is 0 Å². The summed E-state index contributed by atoms with van der Waals surface area (Å²) in [5, 5.41) is 0. The molecule has 7 heteroatoms. The Morgan fingerprint density at radius 3 is 1.11 bits per heavy atom. The molecule has 0 aliphatic rings. The fraction of sp³-hybridized carbons (Fsp3) is 1.00. The van der Waals surface area contributed by atoms with Crippen LogP contribution in [0.4, 0.5) is 4.20 Å². The van der Waals surface area contributed by atoms with E-state index in [1.54, 1.807) is 0 Å². The molecule has 0 aromatic heterocycles. The Kier molecular flexibility index (Phi) is 8.30. The third-order valence-corrected chi connectivity index (χ3v) is 17.0. The molecule has 0 radical (unpaired) electrons. The van der Waals surface area contributed by atoms with Crippen molar-refractivity contribution in [1.29, 1.82) is 0 Å². The van der Waals surface area contributed by atoms with E-state index < -0.39 is 24.5 Å². The minimum atomic E-state index is -4.41. The topological polar surface area (TPSA) is 35.5 Å². The van der Waals surface area contributed by atoms with Crippen molar-refractivity contribution in [3.63, 3.8) is 0 Å². The van der Waals surface area contributed by atoms with Crippen LogP contribution in [0.3, 0.4) is 0 Å². The standard InChI is InChI=1S/C12H30FO3PSi2/c1-7-18(8-2,9-3)15-17(13,14)16-19(10-4,11-5)12-6/h7-12H2,1-6H3. The molecule has 19 heavy (non-hydrogen) atoms. The van der Waals surface area contributed by atoms with Gasteiger partial charge in [0.1, 0.15) is 0 Å². The molecule has 0 fully saturated rings. The van der Waals surface area contributed by atoms with Gasteiger partial charge in [0.05, 0.1) is 0 Å². The van der Waals surface area contributed by atoms with Gasteiger partial charge in [-0.25, -0.2) is 4.57 Å². The molecular weight excluding hydrogens is 298 g/mol. The molecule has 0 heterocycles. The number of hydrogen-bond donors (Lipinski definition) is 0. The molecule has 0 saturated heterocycles. The smallest absolute Gasteiger partial charge is 0.327 e. The van der Waals surface area contributed by atoms with Crippen LogP contribution in [0.25, 0.3) is 0 Å². The Hall–Kier alpha value is 0.514. The third kappa shape index (κ3) is 5.42. The molecule has 0 spiro atoms. The Morgan fingerprint density at radius 2 is 0.947 bits per heavy atom. The van der Waals surface area contributed by atoms with Crippen LogP contribution in [0.1, 0.15) is 41.5 Å². The van der Waals surface area contributed by atoms with Crippen molar-refractivity contribution in [2.45, 2.75) is 77.8 Å². The van der Waals surface area contributed by atoms with Gasteiger partial charge in [-0.2, -0.15) is 0 Å². The van der Waals surface area contributed by atoms with Crippen molar-refractivity contribution in [3.05, 3.63) is 0 Å². The maximum atomic E-state index is 14.4. The fourth-order valence-electron chi connectivity index (χ4n) is 2.37. The maximum Gasteiger partial charge on any atom is 0.493 e. The first-order valence-electron chi connectivity index (χ1n) is 7.49. The Morgan fingerprint density at radius 1 is 0.737 bits per heavy atom. The van der Waals surface area contributed by atoms with E-state index >= 15 is 0 Å². The predicted molar refractivity (Wildman–Crippen MR) is 85.3 cm³/mol. The highest BCUT2D eigenvalue weighted by Gasteiger charge is 2.44. The first-order valence-corrected chi connectivity index (χ1v) is 14.0. The quantitative estimate of drug-likeness (QED) is 0.358. The first-order chi connectivity index (χ1) is 8.78. The molecule has 0 aromatic rings. The number of halogens is 1. The lowest BCUT2D eigenvalue weighted by molar-refractivity contribution is 0.324. The van der Waals surface area contributed by atoms with Gasteiger partial charge in [0.2, 0.25) is 16.6 Å². The van der Waals surface area contributed by atoms with Crippen LogP contribution in [0.5, 0.6) is 0 Å². The number of hydrogen-bond acceptors (Lipinski definition) is 3. The van der Waals surface area contributed by atoms with Gasteiger partial charge >= 0.3 is 7.91 Å². The van der Waals surface area contributed by atoms with Crippen LogP contribution >= 0.6 is 7.91 Å². The zero-order valence-electron chi connectivity index (χ0n) is 13.3. The Bertz CT molecular complexity index is 265. The van der Waals surface area contributed by atoms with Gasteiger partial charge in [0.15, 0.2) is 0 Å². The Labute approximate surface area is 120 Å². The first kappa shape index (κ1) is 19.5. The van der Waals surface area contributed by atoms with Gasteiger partial charge in [0.25, 0.3) is 0 Å². The molecule has 0 unspecified atom stereocenters. The summed E-state index contributed by atoms with van der Waals surface area (Å²) in [6, 6.07) is 4.64. The van der Waals surface area contributed by atoms with Gasteiger partial charge < -0.3 is 8.43 Å². The summed E-state index contributed by atoms with van der Waals surface area (Å²) >= 11 is 0. The molecule has 0 aromatic carbocycles. The maximum absolute atomic E-state index is 14.4. The second kappa shape index (κ2) is 8.08. The second-order valence-corrected chi connectivity index (χ2v) is 16.4. The molecule has 116 valence electrons. The van der Waals surface area contributed by atoms with Crippen molar-refractivity contribution in [3.8, 4) is 0 Å². The van der Waals surface area contributed by atoms with Gasteiger partial charge in [-0.3, -0.25) is 0 Å². The van der Waals surface area contributed by atoms with Crippen molar-refractivity contribution < 1.29 is 17.2 Å². The number of rotatable bonds is 10. The van der Waals surface area contributed by atoms with E-state index in [-0.39, 0.29) is 0 Å². The van der Waals surface area contributed by atoms with Gasteiger partial charge in [-0.15, -0.1) is 4.20 Å². The summed E-state index contributed by atoms with van der Waals surface area (Å²) < 4.78 is 37.5. The summed E-state index contributed by atoms with van der Waals surface area (Å²) in [6.07, 6.45) is 0. The molecule has 0 N–H and O–H groups in total. The van der Waals surface area contributed by atoms with Crippen LogP contribution in [-0.4, -0.2) is 16.6 Å². The van der Waals surface area contributed by atoms with Gasteiger partial charge in [-0.05, 0) is 36.3 Å². The monoisotopic (exact) mass is 328 g/mol. The summed E-state index contributed by atoms with van der Waals surface area (Å²) in [6.45, 7) is 11.9. The summed E-state index contributed by atoms with van der Waals surface area (Å²) in [4.78, 5) is 0. The third-order valence-electron chi connectivity index (χ3n) is 4.47. The van der Waals surface area contributed by atoms with Crippen LogP contribution in [0.2, 0.25) is 36.3 Å². The van der Waals surface area contributed by atoms with Crippen LogP contribution in [-0.2, 0) is 13.0 Å². The molecule has 0 aliphatic heterocycles. The summed E-state index contributed by atoms with van der Waals surface area (Å²) in [5.41, 5.74) is 0. The van der Waals surface area contributed by atoms with Crippen LogP contribution in [0.15, 0.2) is 0 Å². The highest BCUT2D eigenvalue weighted by atomic mass is 31.2. The van der Waals surface area contributed by atoms with Crippen molar-refractivity contribution in [2.75, 3.05) is 0 Å². The van der Waals surface area contributed by atoms with E-state index in [9.17, 15) is 8.76 Å². The fourth-order valence-corrected chi connectivity index (χ4v) is 12.7. The SMILES string of the molecule is CC[Si](CC)(CC)OP(=O)(F)O[Si](CC)(CC)CC. The molecular formula is C12H30FO3PSi2. The lowest BCUT2D eigenvalue weighted by Gasteiger charge is -2.33. The lowest BCUT2D eigenvalue weighted by Crippen LogP contribution is -2.38. The van der Waals surface area contributed by atoms with E-state index in [0.29, 0.717) is 0 Å².